The van der Waals surface area contributed by atoms with Crippen molar-refractivity contribution in [2.45, 2.75) is 38.6 Å². The summed E-state index contributed by atoms with van der Waals surface area (Å²) in [7, 11) is 1.76. The maximum Gasteiger partial charge on any atom is 0.229 e. The molecule has 2 heterocycles. The first-order valence-corrected chi connectivity index (χ1v) is 10.3. The maximum atomic E-state index is 12.3. The molecule has 6 nitrogen and oxygen atoms in total. The van der Waals surface area contributed by atoms with Crippen LogP contribution in [0, 0.1) is 6.92 Å². The molecule has 1 aromatic carbocycles. The maximum absolute atomic E-state index is 12.3. The summed E-state index contributed by atoms with van der Waals surface area (Å²) in [4.78, 5) is 22.9. The molecular weight excluding hydrogens is 358 g/mol. The predicted molar refractivity (Wildman–Crippen MR) is 111 cm³/mol. The average Bonchev–Trinajstić information content (AvgIpc) is 3.26. The van der Waals surface area contributed by atoms with Crippen molar-refractivity contribution in [3.8, 4) is 0 Å². The van der Waals surface area contributed by atoms with E-state index in [-0.39, 0.29) is 11.9 Å². The number of carbonyl (C=O) groups excluding carboxylic acids is 1. The molecule has 1 unspecified atom stereocenters. The van der Waals surface area contributed by atoms with E-state index in [1.165, 1.54) is 5.01 Å². The van der Waals surface area contributed by atoms with Gasteiger partial charge in [-0.1, -0.05) is 18.2 Å². The fourth-order valence-electron chi connectivity index (χ4n) is 3.18. The van der Waals surface area contributed by atoms with Crippen molar-refractivity contribution in [2.24, 2.45) is 4.99 Å². The number of rotatable bonds is 7. The second-order valence-electron chi connectivity index (χ2n) is 6.72. The van der Waals surface area contributed by atoms with E-state index in [0.29, 0.717) is 13.0 Å². The van der Waals surface area contributed by atoms with Gasteiger partial charge in [-0.05, 0) is 38.3 Å². The number of anilines is 1. The Morgan fingerprint density at radius 3 is 2.85 bits per heavy atom. The minimum atomic E-state index is 0.0715. The second kappa shape index (κ2) is 9.50. The van der Waals surface area contributed by atoms with Crippen LogP contribution >= 0.6 is 11.3 Å². The lowest BCUT2D eigenvalue weighted by Crippen LogP contribution is -2.44. The molecule has 0 saturated carbocycles. The van der Waals surface area contributed by atoms with E-state index in [4.69, 9.17) is 0 Å². The zero-order valence-electron chi connectivity index (χ0n) is 15.9. The zero-order chi connectivity index (χ0) is 19.1. The molecule has 144 valence electrons. The quantitative estimate of drug-likeness (QED) is 0.437. The molecule has 1 aromatic heterocycles. The molecule has 0 aliphatic carbocycles. The number of aromatic nitrogens is 1. The topological polar surface area (TPSA) is 69.6 Å². The number of guanidine groups is 1. The SMILES string of the molecule is CN=C(NCCCCc1nc(C)cs1)NC1CC(=O)N(c2ccccc2)C1. The fraction of sp³-hybridized carbons (Fsp3) is 0.450. The summed E-state index contributed by atoms with van der Waals surface area (Å²) >= 11 is 1.73. The minimum absolute atomic E-state index is 0.0715. The zero-order valence-corrected chi connectivity index (χ0v) is 16.8. The van der Waals surface area contributed by atoms with Gasteiger partial charge in [-0.25, -0.2) is 4.98 Å². The normalized spacial score (nSPS) is 17.4. The number of benzene rings is 1. The van der Waals surface area contributed by atoms with E-state index in [1.54, 1.807) is 18.4 Å². The van der Waals surface area contributed by atoms with Crippen molar-refractivity contribution in [1.82, 2.24) is 15.6 Å². The van der Waals surface area contributed by atoms with E-state index in [2.05, 4.69) is 26.0 Å². The minimum Gasteiger partial charge on any atom is -0.356 e. The van der Waals surface area contributed by atoms with E-state index >= 15 is 0 Å². The summed E-state index contributed by atoms with van der Waals surface area (Å²) in [5, 5.41) is 10.0. The summed E-state index contributed by atoms with van der Waals surface area (Å²) in [6, 6.07) is 9.88. The number of para-hydroxylation sites is 1. The van der Waals surface area contributed by atoms with Gasteiger partial charge >= 0.3 is 0 Å². The lowest BCUT2D eigenvalue weighted by Gasteiger charge is -2.19. The lowest BCUT2D eigenvalue weighted by atomic mass is 10.2. The Labute approximate surface area is 164 Å². The Hall–Kier alpha value is -2.41. The van der Waals surface area contributed by atoms with Crippen LogP contribution in [0.2, 0.25) is 0 Å². The number of nitrogens with zero attached hydrogens (tertiary/aromatic N) is 3. The van der Waals surface area contributed by atoms with Gasteiger partial charge in [0.15, 0.2) is 5.96 Å². The van der Waals surface area contributed by atoms with Gasteiger partial charge in [0.1, 0.15) is 0 Å². The van der Waals surface area contributed by atoms with Crippen molar-refractivity contribution in [3.63, 3.8) is 0 Å². The number of carbonyl (C=O) groups is 1. The molecular formula is C20H27N5OS. The highest BCUT2D eigenvalue weighted by atomic mass is 32.1. The summed E-state index contributed by atoms with van der Waals surface area (Å²) in [5.41, 5.74) is 2.06. The van der Waals surface area contributed by atoms with Gasteiger partial charge in [-0.2, -0.15) is 0 Å². The fourth-order valence-corrected chi connectivity index (χ4v) is 3.99. The van der Waals surface area contributed by atoms with Gasteiger partial charge in [0, 0.05) is 43.3 Å². The number of hydrogen-bond acceptors (Lipinski definition) is 4. The van der Waals surface area contributed by atoms with Gasteiger partial charge in [0.05, 0.1) is 11.0 Å². The van der Waals surface area contributed by atoms with E-state index in [1.807, 2.05) is 42.2 Å². The molecule has 0 spiro atoms. The highest BCUT2D eigenvalue weighted by molar-refractivity contribution is 7.09. The standard InChI is InChI=1S/C20H27N5OS/c1-15-14-27-18(23-15)10-6-7-11-22-20(21-2)24-16-12-19(26)25(13-16)17-8-4-3-5-9-17/h3-5,8-9,14,16H,6-7,10-13H2,1-2H3,(H2,21,22,24). The van der Waals surface area contributed by atoms with Crippen LogP contribution in [-0.2, 0) is 11.2 Å². The Bertz CT molecular complexity index is 774. The molecule has 7 heteroatoms. The average molecular weight is 386 g/mol. The molecule has 0 bridgehead atoms. The first-order chi connectivity index (χ1) is 13.2. The first-order valence-electron chi connectivity index (χ1n) is 9.39. The Morgan fingerprint density at radius 2 is 2.15 bits per heavy atom. The second-order valence-corrected chi connectivity index (χ2v) is 7.67. The molecule has 1 amide bonds. The van der Waals surface area contributed by atoms with Gasteiger partial charge in [0.25, 0.3) is 0 Å². The molecule has 27 heavy (non-hydrogen) atoms. The largest absolute Gasteiger partial charge is 0.356 e. The summed E-state index contributed by atoms with van der Waals surface area (Å²) in [5.74, 6) is 0.903. The van der Waals surface area contributed by atoms with E-state index in [0.717, 1.165) is 43.1 Å². The van der Waals surface area contributed by atoms with Crippen LogP contribution in [0.4, 0.5) is 5.69 Å². The number of unbranched alkanes of at least 4 members (excludes halogenated alkanes) is 1. The van der Waals surface area contributed by atoms with Crippen molar-refractivity contribution in [1.29, 1.82) is 0 Å². The number of aryl methyl sites for hydroxylation is 2. The third kappa shape index (κ3) is 5.53. The first kappa shape index (κ1) is 19.4. The predicted octanol–water partition coefficient (Wildman–Crippen LogP) is 2.74. The van der Waals surface area contributed by atoms with Crippen LogP contribution in [0.3, 0.4) is 0 Å². The molecule has 1 atom stereocenters. The third-order valence-electron chi connectivity index (χ3n) is 4.53. The van der Waals surface area contributed by atoms with Crippen LogP contribution in [0.1, 0.15) is 30.0 Å². The smallest absolute Gasteiger partial charge is 0.229 e. The number of nitrogens with one attached hydrogen (secondary N) is 2. The van der Waals surface area contributed by atoms with Crippen LogP contribution in [0.15, 0.2) is 40.7 Å². The Kier molecular flexibility index (Phi) is 6.81. The van der Waals surface area contributed by atoms with Gasteiger partial charge in [-0.3, -0.25) is 9.79 Å². The van der Waals surface area contributed by atoms with Gasteiger partial charge in [-0.15, -0.1) is 11.3 Å². The molecule has 2 N–H and O–H groups in total. The Morgan fingerprint density at radius 1 is 1.33 bits per heavy atom. The van der Waals surface area contributed by atoms with Crippen LogP contribution in [-0.4, -0.2) is 43.0 Å². The van der Waals surface area contributed by atoms with Crippen LogP contribution in [0.25, 0.3) is 0 Å². The van der Waals surface area contributed by atoms with Gasteiger partial charge in [0.2, 0.25) is 5.91 Å². The molecule has 1 aliphatic heterocycles. The third-order valence-corrected chi connectivity index (χ3v) is 5.56. The molecule has 0 radical (unpaired) electrons. The number of hydrogen-bond donors (Lipinski definition) is 2. The highest BCUT2D eigenvalue weighted by Gasteiger charge is 2.30. The van der Waals surface area contributed by atoms with Crippen molar-refractivity contribution >= 4 is 28.9 Å². The Balaban J connectivity index is 1.39. The number of aliphatic imine (C=N–C) groups is 1. The monoisotopic (exact) mass is 385 g/mol. The number of thiazole rings is 1. The van der Waals surface area contributed by atoms with E-state index in [9.17, 15) is 4.79 Å². The molecule has 1 aliphatic rings. The summed E-state index contributed by atoms with van der Waals surface area (Å²) in [6.07, 6.45) is 3.66. The molecule has 2 aromatic rings. The lowest BCUT2D eigenvalue weighted by molar-refractivity contribution is -0.117. The molecule has 1 fully saturated rings. The summed E-state index contributed by atoms with van der Waals surface area (Å²) < 4.78 is 0. The van der Waals surface area contributed by atoms with Crippen molar-refractivity contribution in [2.75, 3.05) is 25.0 Å². The van der Waals surface area contributed by atoms with Crippen LogP contribution in [0.5, 0.6) is 0 Å². The van der Waals surface area contributed by atoms with Crippen molar-refractivity contribution in [3.05, 3.63) is 46.4 Å². The van der Waals surface area contributed by atoms with E-state index < -0.39 is 0 Å². The molecule has 3 rings (SSSR count). The summed E-state index contributed by atoms with van der Waals surface area (Å²) in [6.45, 7) is 3.55. The number of amides is 1. The van der Waals surface area contributed by atoms with Crippen LogP contribution < -0.4 is 15.5 Å². The van der Waals surface area contributed by atoms with Gasteiger partial charge < -0.3 is 15.5 Å². The highest BCUT2D eigenvalue weighted by Crippen LogP contribution is 2.20. The van der Waals surface area contributed by atoms with Crippen molar-refractivity contribution < 1.29 is 4.79 Å². The molecule has 1 saturated heterocycles.